The van der Waals surface area contributed by atoms with Crippen molar-refractivity contribution in [2.45, 2.75) is 0 Å². The summed E-state index contributed by atoms with van der Waals surface area (Å²) in [5.41, 5.74) is 0.832. The first-order valence-corrected chi connectivity index (χ1v) is 5.78. The van der Waals surface area contributed by atoms with Crippen molar-refractivity contribution >= 4 is 50.5 Å². The number of thiophene rings is 1. The summed E-state index contributed by atoms with van der Waals surface area (Å²) >= 11 is 10.6. The van der Waals surface area contributed by atoms with Crippen molar-refractivity contribution in [3.63, 3.8) is 0 Å². The van der Waals surface area contributed by atoms with E-state index in [4.69, 9.17) is 11.6 Å². The molecule has 0 bridgehead atoms. The lowest BCUT2D eigenvalue weighted by Crippen LogP contribution is -1.94. The molecule has 6 heteroatoms. The van der Waals surface area contributed by atoms with Crippen LogP contribution >= 0.6 is 38.9 Å². The highest BCUT2D eigenvalue weighted by atomic mass is 79.9. The molecular weight excluding hydrogens is 286 g/mol. The number of halogens is 2. The van der Waals surface area contributed by atoms with E-state index in [1.54, 1.807) is 12.4 Å². The van der Waals surface area contributed by atoms with Crippen LogP contribution in [0.25, 0.3) is 0 Å². The molecule has 3 nitrogen and oxygen atoms in total. The summed E-state index contributed by atoms with van der Waals surface area (Å²) in [5.74, 6) is 0.536. The minimum absolute atomic E-state index is 0.536. The van der Waals surface area contributed by atoms with Gasteiger partial charge in [0.15, 0.2) is 0 Å². The topological polar surface area (TPSA) is 37.8 Å². The molecule has 0 fully saturated rings. The Bertz CT molecular complexity index is 428. The van der Waals surface area contributed by atoms with Crippen LogP contribution in [0.2, 0.25) is 4.34 Å². The zero-order chi connectivity index (χ0) is 9.97. The average Bonchev–Trinajstić information content (AvgIpc) is 2.56. The molecule has 1 N–H and O–H groups in total. The Balaban J connectivity index is 2.19. The molecule has 0 atom stereocenters. The van der Waals surface area contributed by atoms with Gasteiger partial charge < -0.3 is 5.32 Å². The number of nitrogens with zero attached hydrogens (tertiary/aromatic N) is 2. The third-order valence-electron chi connectivity index (χ3n) is 1.48. The van der Waals surface area contributed by atoms with Crippen molar-refractivity contribution in [3.8, 4) is 0 Å². The average molecular weight is 291 g/mol. The fraction of sp³-hybridized carbons (Fsp3) is 0. The van der Waals surface area contributed by atoms with Gasteiger partial charge in [0.2, 0.25) is 5.95 Å². The summed E-state index contributed by atoms with van der Waals surface area (Å²) in [4.78, 5) is 8.14. The Morgan fingerprint density at radius 2 is 2.07 bits per heavy atom. The van der Waals surface area contributed by atoms with E-state index >= 15 is 0 Å². The predicted molar refractivity (Wildman–Crippen MR) is 62.3 cm³/mol. The second kappa shape index (κ2) is 4.25. The van der Waals surface area contributed by atoms with Crippen LogP contribution in [0, 0.1) is 0 Å². The van der Waals surface area contributed by atoms with Crippen molar-refractivity contribution in [2.24, 2.45) is 0 Å². The Kier molecular flexibility index (Phi) is 3.00. The standard InChI is InChI=1S/C8H5BrClN3S/c9-5-3-11-8(12-4-5)13-6-1-2-14-7(6)10/h1-4H,(H,11,12,13). The van der Waals surface area contributed by atoms with E-state index in [9.17, 15) is 0 Å². The van der Waals surface area contributed by atoms with Gasteiger partial charge >= 0.3 is 0 Å². The lowest BCUT2D eigenvalue weighted by Gasteiger charge is -2.01. The second-order valence-electron chi connectivity index (χ2n) is 2.46. The largest absolute Gasteiger partial charge is 0.322 e. The van der Waals surface area contributed by atoms with Crippen molar-refractivity contribution in [1.29, 1.82) is 0 Å². The van der Waals surface area contributed by atoms with Gasteiger partial charge in [-0.2, -0.15) is 0 Å². The Hall–Kier alpha value is -0.650. The molecule has 0 amide bonds. The molecule has 2 heterocycles. The summed E-state index contributed by atoms with van der Waals surface area (Å²) in [6.07, 6.45) is 3.35. The van der Waals surface area contributed by atoms with E-state index < -0.39 is 0 Å². The van der Waals surface area contributed by atoms with E-state index in [1.165, 1.54) is 11.3 Å². The van der Waals surface area contributed by atoms with Crippen LogP contribution in [0.4, 0.5) is 11.6 Å². The van der Waals surface area contributed by atoms with E-state index in [1.807, 2.05) is 11.4 Å². The lowest BCUT2D eigenvalue weighted by molar-refractivity contribution is 1.15. The van der Waals surface area contributed by atoms with Gasteiger partial charge in [-0.1, -0.05) is 11.6 Å². The zero-order valence-electron chi connectivity index (χ0n) is 6.87. The molecule has 0 saturated carbocycles. The van der Waals surface area contributed by atoms with Crippen LogP contribution in [-0.2, 0) is 0 Å². The van der Waals surface area contributed by atoms with Crippen LogP contribution in [0.1, 0.15) is 0 Å². The van der Waals surface area contributed by atoms with Crippen molar-refractivity contribution < 1.29 is 0 Å². The number of rotatable bonds is 2. The maximum absolute atomic E-state index is 5.91. The predicted octanol–water partition coefficient (Wildman–Crippen LogP) is 3.70. The number of nitrogens with one attached hydrogen (secondary N) is 1. The van der Waals surface area contributed by atoms with Crippen LogP contribution < -0.4 is 5.32 Å². The van der Waals surface area contributed by atoms with Crippen molar-refractivity contribution in [2.75, 3.05) is 5.32 Å². The molecule has 0 aliphatic heterocycles. The molecule has 2 aromatic rings. The molecule has 0 saturated heterocycles. The summed E-state index contributed by atoms with van der Waals surface area (Å²) in [6.45, 7) is 0. The second-order valence-corrected chi connectivity index (χ2v) is 4.89. The third-order valence-corrected chi connectivity index (χ3v) is 3.06. The summed E-state index contributed by atoms with van der Waals surface area (Å²) in [7, 11) is 0. The summed E-state index contributed by atoms with van der Waals surface area (Å²) in [6, 6.07) is 1.89. The highest BCUT2D eigenvalue weighted by molar-refractivity contribution is 9.10. The molecule has 0 aliphatic carbocycles. The monoisotopic (exact) mass is 289 g/mol. The SMILES string of the molecule is Clc1sccc1Nc1ncc(Br)cn1. The van der Waals surface area contributed by atoms with E-state index in [-0.39, 0.29) is 0 Å². The molecule has 14 heavy (non-hydrogen) atoms. The molecule has 0 radical (unpaired) electrons. The minimum Gasteiger partial charge on any atom is -0.322 e. The van der Waals surface area contributed by atoms with Gasteiger partial charge in [0.25, 0.3) is 0 Å². The maximum atomic E-state index is 5.91. The van der Waals surface area contributed by atoms with Gasteiger partial charge in [0, 0.05) is 12.4 Å². The van der Waals surface area contributed by atoms with Gasteiger partial charge in [-0.15, -0.1) is 11.3 Å². The summed E-state index contributed by atoms with van der Waals surface area (Å²) < 4.78 is 1.55. The van der Waals surface area contributed by atoms with Crippen molar-refractivity contribution in [3.05, 3.63) is 32.6 Å². The lowest BCUT2D eigenvalue weighted by atomic mass is 10.5. The highest BCUT2D eigenvalue weighted by Gasteiger charge is 2.02. The molecule has 2 aromatic heterocycles. The quantitative estimate of drug-likeness (QED) is 0.916. The van der Waals surface area contributed by atoms with Gasteiger partial charge in [-0.05, 0) is 27.4 Å². The molecule has 72 valence electrons. The van der Waals surface area contributed by atoms with Crippen LogP contribution in [0.5, 0.6) is 0 Å². The van der Waals surface area contributed by atoms with E-state index in [0.29, 0.717) is 10.3 Å². The first-order valence-electron chi connectivity index (χ1n) is 3.73. The molecule has 2 rings (SSSR count). The normalized spacial score (nSPS) is 10.1. The maximum Gasteiger partial charge on any atom is 0.227 e. The van der Waals surface area contributed by atoms with E-state index in [0.717, 1.165) is 10.2 Å². The Morgan fingerprint density at radius 1 is 1.36 bits per heavy atom. The first kappa shape index (κ1) is 9.89. The van der Waals surface area contributed by atoms with Crippen LogP contribution in [-0.4, -0.2) is 9.97 Å². The molecular formula is C8H5BrClN3S. The van der Waals surface area contributed by atoms with Gasteiger partial charge in [0.1, 0.15) is 4.34 Å². The van der Waals surface area contributed by atoms with Gasteiger partial charge in [-0.25, -0.2) is 9.97 Å². The minimum atomic E-state index is 0.536. The molecule has 0 spiro atoms. The van der Waals surface area contributed by atoms with Crippen molar-refractivity contribution in [1.82, 2.24) is 9.97 Å². The molecule has 0 aliphatic rings. The molecule has 0 unspecified atom stereocenters. The highest BCUT2D eigenvalue weighted by Crippen LogP contribution is 2.29. The zero-order valence-corrected chi connectivity index (χ0v) is 10.0. The van der Waals surface area contributed by atoms with Gasteiger partial charge in [0.05, 0.1) is 10.2 Å². The van der Waals surface area contributed by atoms with Crippen LogP contribution in [0.15, 0.2) is 28.3 Å². The van der Waals surface area contributed by atoms with Gasteiger partial charge in [-0.3, -0.25) is 0 Å². The Labute approximate surface area is 98.3 Å². The third kappa shape index (κ3) is 2.23. The number of hydrogen-bond donors (Lipinski definition) is 1. The molecule has 0 aromatic carbocycles. The fourth-order valence-electron chi connectivity index (χ4n) is 0.879. The first-order chi connectivity index (χ1) is 6.75. The Morgan fingerprint density at radius 3 is 2.64 bits per heavy atom. The summed E-state index contributed by atoms with van der Waals surface area (Å²) in [5, 5.41) is 4.92. The fourth-order valence-corrected chi connectivity index (χ4v) is 1.92. The van der Waals surface area contributed by atoms with E-state index in [2.05, 4.69) is 31.2 Å². The smallest absolute Gasteiger partial charge is 0.227 e. The number of anilines is 2. The number of aromatic nitrogens is 2. The number of hydrogen-bond acceptors (Lipinski definition) is 4. The van der Waals surface area contributed by atoms with Crippen LogP contribution in [0.3, 0.4) is 0 Å².